The van der Waals surface area contributed by atoms with Gasteiger partial charge in [-0.3, -0.25) is 4.79 Å². The molecule has 1 saturated heterocycles. The van der Waals surface area contributed by atoms with E-state index in [4.69, 9.17) is 11.6 Å². The van der Waals surface area contributed by atoms with Crippen molar-refractivity contribution in [3.63, 3.8) is 0 Å². The Morgan fingerprint density at radius 3 is 2.44 bits per heavy atom. The molecule has 0 saturated carbocycles. The molecule has 2 aliphatic rings. The number of carbonyl (C=O) groups excluding carboxylic acids is 1. The molecule has 1 aromatic rings. The minimum absolute atomic E-state index is 0.118. The highest BCUT2D eigenvalue weighted by Gasteiger charge is 2.35. The van der Waals surface area contributed by atoms with Crippen LogP contribution in [0.15, 0.2) is 36.4 Å². The predicted molar refractivity (Wildman–Crippen MR) is 72.7 cm³/mol. The van der Waals surface area contributed by atoms with Crippen molar-refractivity contribution in [3.8, 4) is 0 Å². The molecule has 1 aliphatic carbocycles. The molecule has 0 spiro atoms. The number of benzene rings is 1. The Balaban J connectivity index is 1.75. The first-order valence-electron chi connectivity index (χ1n) is 6.44. The summed E-state index contributed by atoms with van der Waals surface area (Å²) in [6.45, 7) is 1.78. The molecule has 3 rings (SSSR count). The van der Waals surface area contributed by atoms with Crippen molar-refractivity contribution in [1.82, 2.24) is 4.90 Å². The lowest BCUT2D eigenvalue weighted by molar-refractivity contribution is 0.0784. The molecular formula is C15H16ClNO. The number of halogens is 1. The van der Waals surface area contributed by atoms with Crippen LogP contribution in [0.1, 0.15) is 23.2 Å². The summed E-state index contributed by atoms with van der Waals surface area (Å²) in [4.78, 5) is 14.4. The van der Waals surface area contributed by atoms with Crippen molar-refractivity contribution in [2.75, 3.05) is 13.1 Å². The van der Waals surface area contributed by atoms with Crippen molar-refractivity contribution in [2.24, 2.45) is 11.8 Å². The van der Waals surface area contributed by atoms with Gasteiger partial charge in [0, 0.05) is 23.7 Å². The molecule has 1 amide bonds. The second-order valence-corrected chi connectivity index (χ2v) is 5.62. The third kappa shape index (κ3) is 2.17. The molecule has 2 nitrogen and oxygen atoms in total. The predicted octanol–water partition coefficient (Wildman–Crippen LogP) is 3.38. The van der Waals surface area contributed by atoms with E-state index in [1.54, 1.807) is 12.1 Å². The first-order valence-corrected chi connectivity index (χ1v) is 6.81. The van der Waals surface area contributed by atoms with E-state index in [9.17, 15) is 4.79 Å². The van der Waals surface area contributed by atoms with Crippen LogP contribution < -0.4 is 0 Å². The van der Waals surface area contributed by atoms with Gasteiger partial charge in [-0.05, 0) is 42.9 Å². The van der Waals surface area contributed by atoms with Crippen molar-refractivity contribution >= 4 is 17.5 Å². The molecule has 2 unspecified atom stereocenters. The van der Waals surface area contributed by atoms with Gasteiger partial charge < -0.3 is 4.90 Å². The van der Waals surface area contributed by atoms with Crippen LogP contribution in [0.2, 0.25) is 5.02 Å². The monoisotopic (exact) mass is 261 g/mol. The van der Waals surface area contributed by atoms with Gasteiger partial charge in [-0.25, -0.2) is 0 Å². The number of amides is 1. The quantitative estimate of drug-likeness (QED) is 0.710. The molecule has 0 bridgehead atoms. The van der Waals surface area contributed by atoms with Gasteiger partial charge >= 0.3 is 0 Å². The summed E-state index contributed by atoms with van der Waals surface area (Å²) in [5.41, 5.74) is 0.703. The van der Waals surface area contributed by atoms with Crippen LogP contribution in [0.25, 0.3) is 0 Å². The molecule has 1 heterocycles. The summed E-state index contributed by atoms with van der Waals surface area (Å²) in [5.74, 6) is 1.42. The number of allylic oxidation sites excluding steroid dienone is 2. The summed E-state index contributed by atoms with van der Waals surface area (Å²) in [7, 11) is 0. The van der Waals surface area contributed by atoms with Gasteiger partial charge in [-0.15, -0.1) is 0 Å². The van der Waals surface area contributed by atoms with E-state index in [0.717, 1.165) is 25.9 Å². The van der Waals surface area contributed by atoms with E-state index < -0.39 is 0 Å². The highest BCUT2D eigenvalue weighted by atomic mass is 35.5. The molecule has 2 atom stereocenters. The Hall–Kier alpha value is -1.28. The topological polar surface area (TPSA) is 20.3 Å². The molecule has 1 aliphatic heterocycles. The Morgan fingerprint density at radius 1 is 1.17 bits per heavy atom. The molecule has 0 radical (unpaired) electrons. The molecule has 1 fully saturated rings. The van der Waals surface area contributed by atoms with Gasteiger partial charge in [-0.2, -0.15) is 0 Å². The normalized spacial score (nSPS) is 26.2. The molecule has 1 aromatic carbocycles. The SMILES string of the molecule is O=C(c1cccc(Cl)c1)N1CC2CC=CCC2C1. The zero-order chi connectivity index (χ0) is 12.5. The van der Waals surface area contributed by atoms with Crippen LogP contribution in [0, 0.1) is 11.8 Å². The average Bonchev–Trinajstić information content (AvgIpc) is 2.81. The number of hydrogen-bond acceptors (Lipinski definition) is 1. The van der Waals surface area contributed by atoms with Crippen LogP contribution in [0.3, 0.4) is 0 Å². The van der Waals surface area contributed by atoms with Crippen LogP contribution in [-0.4, -0.2) is 23.9 Å². The van der Waals surface area contributed by atoms with Crippen molar-refractivity contribution in [3.05, 3.63) is 47.0 Å². The van der Waals surface area contributed by atoms with Crippen molar-refractivity contribution in [2.45, 2.75) is 12.8 Å². The van der Waals surface area contributed by atoms with E-state index in [1.807, 2.05) is 17.0 Å². The molecule has 18 heavy (non-hydrogen) atoms. The largest absolute Gasteiger partial charge is 0.338 e. The number of likely N-dealkylation sites (tertiary alicyclic amines) is 1. The zero-order valence-corrected chi connectivity index (χ0v) is 10.9. The summed E-state index contributed by atoms with van der Waals surface area (Å²) in [6, 6.07) is 7.23. The van der Waals surface area contributed by atoms with Gasteiger partial charge in [-0.1, -0.05) is 29.8 Å². The Bertz CT molecular complexity index is 481. The lowest BCUT2D eigenvalue weighted by Crippen LogP contribution is -2.28. The van der Waals surface area contributed by atoms with Crippen LogP contribution in [-0.2, 0) is 0 Å². The average molecular weight is 262 g/mol. The third-order valence-corrected chi connectivity index (χ3v) is 4.21. The number of fused-ring (bicyclic) bond motifs is 1. The molecule has 0 N–H and O–H groups in total. The first-order chi connectivity index (χ1) is 8.74. The highest BCUT2D eigenvalue weighted by molar-refractivity contribution is 6.30. The fourth-order valence-electron chi connectivity index (χ4n) is 2.98. The fraction of sp³-hybridized carbons (Fsp3) is 0.400. The number of carbonyl (C=O) groups is 1. The third-order valence-electron chi connectivity index (χ3n) is 3.98. The van der Waals surface area contributed by atoms with E-state index in [2.05, 4.69) is 12.2 Å². The minimum Gasteiger partial charge on any atom is -0.338 e. The van der Waals surface area contributed by atoms with Crippen LogP contribution in [0.5, 0.6) is 0 Å². The van der Waals surface area contributed by atoms with Gasteiger partial charge in [0.2, 0.25) is 0 Å². The van der Waals surface area contributed by atoms with Crippen LogP contribution >= 0.6 is 11.6 Å². The summed E-state index contributed by atoms with van der Waals surface area (Å²) < 4.78 is 0. The molecule has 0 aromatic heterocycles. The fourth-order valence-corrected chi connectivity index (χ4v) is 3.18. The van der Waals surface area contributed by atoms with Gasteiger partial charge in [0.25, 0.3) is 5.91 Å². The Morgan fingerprint density at radius 2 is 1.83 bits per heavy atom. The number of hydrogen-bond donors (Lipinski definition) is 0. The van der Waals surface area contributed by atoms with E-state index in [1.165, 1.54) is 0 Å². The van der Waals surface area contributed by atoms with Crippen molar-refractivity contribution < 1.29 is 4.79 Å². The molecule has 3 heteroatoms. The standard InChI is InChI=1S/C15H16ClNO/c16-14-7-3-6-11(8-14)15(18)17-9-12-4-1-2-5-13(12)10-17/h1-3,6-8,12-13H,4-5,9-10H2. The van der Waals surface area contributed by atoms with E-state index in [-0.39, 0.29) is 5.91 Å². The van der Waals surface area contributed by atoms with Gasteiger partial charge in [0.05, 0.1) is 0 Å². The molecular weight excluding hydrogens is 246 g/mol. The Labute approximate surface area is 112 Å². The Kier molecular flexibility index (Phi) is 3.13. The number of rotatable bonds is 1. The maximum atomic E-state index is 12.4. The van der Waals surface area contributed by atoms with Crippen molar-refractivity contribution in [1.29, 1.82) is 0 Å². The van der Waals surface area contributed by atoms with Gasteiger partial charge in [0.1, 0.15) is 0 Å². The second-order valence-electron chi connectivity index (χ2n) is 5.18. The minimum atomic E-state index is 0.118. The maximum Gasteiger partial charge on any atom is 0.253 e. The van der Waals surface area contributed by atoms with E-state index in [0.29, 0.717) is 22.4 Å². The zero-order valence-electron chi connectivity index (χ0n) is 10.2. The maximum absolute atomic E-state index is 12.4. The first kappa shape index (κ1) is 11.8. The smallest absolute Gasteiger partial charge is 0.253 e. The lowest BCUT2D eigenvalue weighted by atomic mass is 9.86. The molecule has 94 valence electrons. The summed E-state index contributed by atoms with van der Waals surface area (Å²) in [5, 5.41) is 0.624. The lowest BCUT2D eigenvalue weighted by Gasteiger charge is -2.17. The summed E-state index contributed by atoms with van der Waals surface area (Å²) in [6.07, 6.45) is 6.72. The van der Waals surface area contributed by atoms with Gasteiger partial charge in [0.15, 0.2) is 0 Å². The summed E-state index contributed by atoms with van der Waals surface area (Å²) >= 11 is 5.94. The second kappa shape index (κ2) is 4.77. The highest BCUT2D eigenvalue weighted by Crippen LogP contribution is 2.33. The number of nitrogens with zero attached hydrogens (tertiary/aromatic N) is 1. The van der Waals surface area contributed by atoms with Crippen LogP contribution in [0.4, 0.5) is 0 Å². The van der Waals surface area contributed by atoms with E-state index >= 15 is 0 Å².